The Hall–Kier alpha value is 0.0500. The van der Waals surface area contributed by atoms with Crippen molar-refractivity contribution < 1.29 is 0 Å². The van der Waals surface area contributed by atoms with Gasteiger partial charge < -0.3 is 0 Å². The van der Waals surface area contributed by atoms with Crippen LogP contribution in [0.4, 0.5) is 0 Å². The van der Waals surface area contributed by atoms with Crippen LogP contribution in [0.25, 0.3) is 0 Å². The highest BCUT2D eigenvalue weighted by atomic mass is 32.1. The van der Waals surface area contributed by atoms with E-state index in [2.05, 4.69) is 11.8 Å². The first-order valence-corrected chi connectivity index (χ1v) is 4.31. The minimum atomic E-state index is 0.884. The van der Waals surface area contributed by atoms with Gasteiger partial charge in [-0.3, -0.25) is 4.90 Å². The Morgan fingerprint density at radius 2 is 2.40 bits per heavy atom. The number of hydrogen-bond acceptors (Lipinski definition) is 2. The molecule has 2 heteroatoms. The first-order valence-electron chi connectivity index (χ1n) is 3.90. The molecule has 1 aliphatic heterocycles. The van der Waals surface area contributed by atoms with Crippen molar-refractivity contribution in [2.45, 2.75) is 20.3 Å². The molecule has 1 heterocycles. The molecule has 58 valence electrons. The zero-order chi connectivity index (χ0) is 7.56. The van der Waals surface area contributed by atoms with E-state index in [9.17, 15) is 0 Å². The molecule has 1 aliphatic rings. The second-order valence-corrected chi connectivity index (χ2v) is 4.03. The van der Waals surface area contributed by atoms with Crippen molar-refractivity contribution in [3.05, 3.63) is 0 Å². The molecule has 0 saturated carbocycles. The van der Waals surface area contributed by atoms with Gasteiger partial charge in [0.25, 0.3) is 0 Å². The quantitative estimate of drug-likeness (QED) is 0.561. The second kappa shape index (κ2) is 3.44. The van der Waals surface area contributed by atoms with Crippen LogP contribution >= 0.6 is 12.2 Å². The fraction of sp³-hybridized carbons (Fsp3) is 0.875. The van der Waals surface area contributed by atoms with Crippen molar-refractivity contribution in [3.63, 3.8) is 0 Å². The number of hydrogen-bond donors (Lipinski definition) is 0. The van der Waals surface area contributed by atoms with Crippen LogP contribution < -0.4 is 0 Å². The predicted molar refractivity (Wildman–Crippen MR) is 48.5 cm³/mol. The number of nitrogens with zero attached hydrogens (tertiary/aromatic N) is 1. The fourth-order valence-electron chi connectivity index (χ4n) is 1.48. The second-order valence-electron chi connectivity index (χ2n) is 3.33. The highest BCUT2D eigenvalue weighted by molar-refractivity contribution is 7.80. The third-order valence-corrected chi connectivity index (χ3v) is 2.08. The Balaban J connectivity index is 2.24. The molecule has 1 rings (SSSR count). The van der Waals surface area contributed by atoms with Gasteiger partial charge in [-0.1, -0.05) is 19.1 Å². The Bertz CT molecular complexity index is 133. The van der Waals surface area contributed by atoms with Crippen molar-refractivity contribution in [2.24, 2.45) is 5.92 Å². The van der Waals surface area contributed by atoms with E-state index in [4.69, 9.17) is 12.2 Å². The lowest BCUT2D eigenvalue weighted by Crippen LogP contribution is -2.25. The van der Waals surface area contributed by atoms with E-state index in [0.29, 0.717) is 0 Å². The van der Waals surface area contributed by atoms with Crippen LogP contribution in [0.5, 0.6) is 0 Å². The molecule has 0 amide bonds. The predicted octanol–water partition coefficient (Wildman–Crippen LogP) is 1.72. The summed E-state index contributed by atoms with van der Waals surface area (Å²) in [7, 11) is 0. The largest absolute Gasteiger partial charge is 0.298 e. The average molecular weight is 157 g/mol. The van der Waals surface area contributed by atoms with E-state index in [1.54, 1.807) is 0 Å². The van der Waals surface area contributed by atoms with Gasteiger partial charge in [0, 0.05) is 18.0 Å². The summed E-state index contributed by atoms with van der Waals surface area (Å²) in [5.74, 6) is 0.884. The molecule has 0 N–H and O–H groups in total. The van der Waals surface area contributed by atoms with E-state index < -0.39 is 0 Å². The summed E-state index contributed by atoms with van der Waals surface area (Å²) in [4.78, 5) is 3.56. The first-order chi connectivity index (χ1) is 4.68. The molecule has 0 aromatic rings. The zero-order valence-corrected chi connectivity index (χ0v) is 7.58. The summed E-state index contributed by atoms with van der Waals surface area (Å²) in [6.45, 7) is 7.85. The number of rotatable bonds is 2. The molecule has 0 bridgehead atoms. The molecule has 0 aromatic heterocycles. The lowest BCUT2D eigenvalue weighted by molar-refractivity contribution is 0.375. The highest BCUT2D eigenvalue weighted by Gasteiger charge is 2.17. The van der Waals surface area contributed by atoms with E-state index >= 15 is 0 Å². The van der Waals surface area contributed by atoms with Crippen molar-refractivity contribution in [1.82, 2.24) is 4.90 Å². The van der Waals surface area contributed by atoms with Crippen LogP contribution in [0.15, 0.2) is 0 Å². The number of likely N-dealkylation sites (tertiary alicyclic amines) is 1. The normalized spacial score (nSPS) is 27.2. The Kier molecular flexibility index (Phi) is 2.81. The summed E-state index contributed by atoms with van der Waals surface area (Å²) >= 11 is 5.03. The summed E-state index contributed by atoms with van der Waals surface area (Å²) in [6.07, 6.45) is 1.35. The molecule has 1 nitrogen and oxygen atoms in total. The third kappa shape index (κ3) is 2.35. The monoisotopic (exact) mass is 157 g/mol. The molecule has 1 atom stereocenters. The van der Waals surface area contributed by atoms with Crippen LogP contribution in [0.3, 0.4) is 0 Å². The van der Waals surface area contributed by atoms with Gasteiger partial charge in [-0.25, -0.2) is 0 Å². The lowest BCUT2D eigenvalue weighted by atomic mass is 10.2. The van der Waals surface area contributed by atoms with Crippen molar-refractivity contribution >= 4 is 17.1 Å². The molecular weight excluding hydrogens is 142 g/mol. The topological polar surface area (TPSA) is 3.24 Å². The van der Waals surface area contributed by atoms with Gasteiger partial charge in [-0.05, 0) is 25.8 Å². The van der Waals surface area contributed by atoms with Crippen LogP contribution in [0.1, 0.15) is 20.3 Å². The van der Waals surface area contributed by atoms with Crippen molar-refractivity contribution in [1.29, 1.82) is 0 Å². The van der Waals surface area contributed by atoms with Crippen LogP contribution in [-0.4, -0.2) is 29.4 Å². The molecule has 1 saturated heterocycles. The van der Waals surface area contributed by atoms with Gasteiger partial charge >= 0.3 is 0 Å². The minimum absolute atomic E-state index is 0.884. The van der Waals surface area contributed by atoms with E-state index in [1.165, 1.54) is 19.5 Å². The Morgan fingerprint density at radius 1 is 1.70 bits per heavy atom. The SMILES string of the molecule is CC(=S)CN1CC[C@@H](C)C1. The average Bonchev–Trinajstić information content (AvgIpc) is 2.13. The molecule has 0 aliphatic carbocycles. The zero-order valence-electron chi connectivity index (χ0n) is 6.76. The highest BCUT2D eigenvalue weighted by Crippen LogP contribution is 2.14. The minimum Gasteiger partial charge on any atom is -0.298 e. The Labute approximate surface area is 68.4 Å². The Morgan fingerprint density at radius 3 is 2.80 bits per heavy atom. The van der Waals surface area contributed by atoms with Crippen molar-refractivity contribution in [2.75, 3.05) is 19.6 Å². The van der Waals surface area contributed by atoms with Crippen LogP contribution in [0, 0.1) is 5.92 Å². The molecule has 0 radical (unpaired) electrons. The molecule has 0 aromatic carbocycles. The molecular formula is C8H15NS. The fourth-order valence-corrected chi connectivity index (χ4v) is 1.67. The standard InChI is InChI=1S/C8H15NS/c1-7-3-4-9(5-7)6-8(2)10/h7H,3-6H2,1-2H3/t7-/m1/s1. The third-order valence-electron chi connectivity index (χ3n) is 1.95. The van der Waals surface area contributed by atoms with Gasteiger partial charge in [0.15, 0.2) is 0 Å². The maximum Gasteiger partial charge on any atom is 0.0294 e. The molecule has 0 spiro atoms. The van der Waals surface area contributed by atoms with Crippen LogP contribution in [0.2, 0.25) is 0 Å². The van der Waals surface area contributed by atoms with Gasteiger partial charge in [-0.2, -0.15) is 0 Å². The smallest absolute Gasteiger partial charge is 0.0294 e. The first kappa shape index (κ1) is 8.15. The lowest BCUT2D eigenvalue weighted by Gasteiger charge is -2.13. The summed E-state index contributed by atoms with van der Waals surface area (Å²) in [5.41, 5.74) is 0. The van der Waals surface area contributed by atoms with E-state index in [1.807, 2.05) is 6.92 Å². The van der Waals surface area contributed by atoms with E-state index in [-0.39, 0.29) is 0 Å². The molecule has 1 fully saturated rings. The maximum absolute atomic E-state index is 5.03. The van der Waals surface area contributed by atoms with Crippen molar-refractivity contribution in [3.8, 4) is 0 Å². The number of thiocarbonyl (C=S) groups is 1. The maximum atomic E-state index is 5.03. The summed E-state index contributed by atoms with van der Waals surface area (Å²) in [5, 5.41) is 0. The summed E-state index contributed by atoms with van der Waals surface area (Å²) in [6, 6.07) is 0. The van der Waals surface area contributed by atoms with Gasteiger partial charge in [0.05, 0.1) is 0 Å². The molecule has 10 heavy (non-hydrogen) atoms. The van der Waals surface area contributed by atoms with E-state index in [0.717, 1.165) is 17.3 Å². The summed E-state index contributed by atoms with van der Waals surface area (Å²) < 4.78 is 0. The van der Waals surface area contributed by atoms with Crippen LogP contribution in [-0.2, 0) is 0 Å². The van der Waals surface area contributed by atoms with Gasteiger partial charge in [0.2, 0.25) is 0 Å². The van der Waals surface area contributed by atoms with Gasteiger partial charge in [0.1, 0.15) is 0 Å². The molecule has 0 unspecified atom stereocenters. The van der Waals surface area contributed by atoms with Gasteiger partial charge in [-0.15, -0.1) is 0 Å².